The van der Waals surface area contributed by atoms with E-state index in [-0.39, 0.29) is 5.41 Å². The van der Waals surface area contributed by atoms with Gasteiger partial charge in [0.1, 0.15) is 5.78 Å². The third kappa shape index (κ3) is 1.57. The number of ketones is 1. The summed E-state index contributed by atoms with van der Waals surface area (Å²) < 4.78 is 0. The first kappa shape index (κ1) is 11.9. The summed E-state index contributed by atoms with van der Waals surface area (Å²) in [4.78, 5) is 12.2. The molecule has 0 aromatic carbocycles. The van der Waals surface area contributed by atoms with E-state index < -0.39 is 0 Å². The highest BCUT2D eigenvalue weighted by molar-refractivity contribution is 5.92. The number of carbonyl (C=O) groups is 1. The van der Waals surface area contributed by atoms with Crippen LogP contribution in [0.1, 0.15) is 58.3 Å². The topological polar surface area (TPSA) is 17.1 Å². The Morgan fingerprint density at radius 3 is 2.95 bits per heavy atom. The molecular formula is C18H24O. The summed E-state index contributed by atoms with van der Waals surface area (Å²) in [6.07, 6.45) is 14.7. The van der Waals surface area contributed by atoms with Crippen molar-refractivity contribution in [2.75, 3.05) is 0 Å². The zero-order chi connectivity index (χ0) is 13.0. The molecule has 1 nitrogen and oxygen atoms in total. The highest BCUT2D eigenvalue weighted by Crippen LogP contribution is 2.57. The van der Waals surface area contributed by atoms with Crippen molar-refractivity contribution in [3.05, 3.63) is 23.3 Å². The minimum absolute atomic E-state index is 0.0822. The number of rotatable bonds is 0. The van der Waals surface area contributed by atoms with Crippen LogP contribution in [0.2, 0.25) is 0 Å². The average Bonchev–Trinajstić information content (AvgIpc) is 2.75. The van der Waals surface area contributed by atoms with Crippen molar-refractivity contribution in [3.8, 4) is 0 Å². The van der Waals surface area contributed by atoms with Gasteiger partial charge in [0.2, 0.25) is 0 Å². The lowest BCUT2D eigenvalue weighted by atomic mass is 9.55. The largest absolute Gasteiger partial charge is 0.298 e. The van der Waals surface area contributed by atoms with Crippen molar-refractivity contribution < 1.29 is 4.79 Å². The summed E-state index contributed by atoms with van der Waals surface area (Å²) in [6.45, 7) is 2.21. The Kier molecular flexibility index (Phi) is 2.56. The molecule has 1 heteroatoms. The van der Waals surface area contributed by atoms with Crippen LogP contribution in [0, 0.1) is 23.2 Å². The highest BCUT2D eigenvalue weighted by atomic mass is 16.1. The Hall–Kier alpha value is -0.850. The second-order valence-corrected chi connectivity index (χ2v) is 7.29. The van der Waals surface area contributed by atoms with Gasteiger partial charge in [-0.1, -0.05) is 29.7 Å². The molecule has 0 aliphatic heterocycles. The molecule has 2 saturated carbocycles. The number of fused-ring (bicyclic) bond motifs is 5. The Balaban J connectivity index is 1.70. The first-order valence-electron chi connectivity index (χ1n) is 8.13. The van der Waals surface area contributed by atoms with E-state index in [1.54, 1.807) is 5.57 Å². The lowest BCUT2D eigenvalue weighted by Crippen LogP contribution is -2.41. The van der Waals surface area contributed by atoms with Crippen LogP contribution in [0.25, 0.3) is 0 Å². The number of hydrogen-bond acceptors (Lipinski definition) is 1. The van der Waals surface area contributed by atoms with Crippen molar-refractivity contribution in [2.45, 2.75) is 58.3 Å². The molecule has 4 aliphatic carbocycles. The fourth-order valence-electron chi connectivity index (χ4n) is 5.41. The van der Waals surface area contributed by atoms with Gasteiger partial charge in [0.15, 0.2) is 0 Å². The molecule has 0 radical (unpaired) electrons. The van der Waals surface area contributed by atoms with Crippen LogP contribution < -0.4 is 0 Å². The lowest BCUT2D eigenvalue weighted by Gasteiger charge is -2.49. The number of hydrogen-bond donors (Lipinski definition) is 0. The minimum atomic E-state index is -0.0822. The van der Waals surface area contributed by atoms with Crippen molar-refractivity contribution in [1.82, 2.24) is 0 Å². The monoisotopic (exact) mass is 256 g/mol. The van der Waals surface area contributed by atoms with Crippen LogP contribution in [0.5, 0.6) is 0 Å². The molecule has 0 spiro atoms. The molecule has 0 amide bonds. The van der Waals surface area contributed by atoms with Crippen LogP contribution in [0.15, 0.2) is 23.3 Å². The molecule has 0 saturated heterocycles. The molecule has 4 atom stereocenters. The van der Waals surface area contributed by atoms with Gasteiger partial charge in [0, 0.05) is 11.8 Å². The minimum Gasteiger partial charge on any atom is -0.298 e. The summed E-state index contributed by atoms with van der Waals surface area (Å²) in [7, 11) is 0. The van der Waals surface area contributed by atoms with Gasteiger partial charge in [0.25, 0.3) is 0 Å². The first-order chi connectivity index (χ1) is 9.20. The maximum absolute atomic E-state index is 12.2. The number of allylic oxidation sites excluding steroid dienone is 4. The predicted octanol–water partition coefficient (Wildman–Crippen LogP) is 4.44. The predicted molar refractivity (Wildman–Crippen MR) is 76.7 cm³/mol. The fourth-order valence-corrected chi connectivity index (χ4v) is 5.41. The van der Waals surface area contributed by atoms with Gasteiger partial charge in [-0.2, -0.15) is 0 Å². The van der Waals surface area contributed by atoms with Crippen LogP contribution >= 0.6 is 0 Å². The molecule has 4 aliphatic rings. The van der Waals surface area contributed by atoms with E-state index in [1.807, 2.05) is 0 Å². The molecule has 102 valence electrons. The molecule has 0 bridgehead atoms. The third-order valence-electron chi connectivity index (χ3n) is 6.51. The van der Waals surface area contributed by atoms with Crippen molar-refractivity contribution in [2.24, 2.45) is 23.2 Å². The Morgan fingerprint density at radius 1 is 1.16 bits per heavy atom. The Morgan fingerprint density at radius 2 is 2.05 bits per heavy atom. The van der Waals surface area contributed by atoms with E-state index in [1.165, 1.54) is 44.1 Å². The molecular weight excluding hydrogens is 232 g/mol. The zero-order valence-electron chi connectivity index (χ0n) is 12.0. The van der Waals surface area contributed by atoms with E-state index in [0.717, 1.165) is 18.3 Å². The van der Waals surface area contributed by atoms with Crippen molar-refractivity contribution in [1.29, 1.82) is 0 Å². The standard InChI is InChI=1S/C18H24O/c1-18-11-10-14-13-5-3-2-4-12(13)6-7-15(14)16(18)8-9-17(18)19/h6,8,13-15H,2-5,7,9-11H2,1H3/t13-,14+,15+,18-/m0/s1. The first-order valence-corrected chi connectivity index (χ1v) is 8.13. The van der Waals surface area contributed by atoms with Crippen LogP contribution in [0.3, 0.4) is 0 Å². The van der Waals surface area contributed by atoms with Gasteiger partial charge in [-0.3, -0.25) is 4.79 Å². The second-order valence-electron chi connectivity index (χ2n) is 7.29. The van der Waals surface area contributed by atoms with E-state index in [0.29, 0.717) is 18.1 Å². The summed E-state index contributed by atoms with van der Waals surface area (Å²) in [5, 5.41) is 0. The van der Waals surface area contributed by atoms with Crippen LogP contribution in [0.4, 0.5) is 0 Å². The summed E-state index contributed by atoms with van der Waals surface area (Å²) >= 11 is 0. The van der Waals surface area contributed by atoms with Gasteiger partial charge in [-0.25, -0.2) is 0 Å². The Labute approximate surface area is 116 Å². The van der Waals surface area contributed by atoms with Crippen molar-refractivity contribution >= 4 is 5.78 Å². The molecule has 19 heavy (non-hydrogen) atoms. The average molecular weight is 256 g/mol. The summed E-state index contributed by atoms with van der Waals surface area (Å²) in [5.41, 5.74) is 3.21. The van der Waals surface area contributed by atoms with Gasteiger partial charge in [-0.05, 0) is 63.2 Å². The third-order valence-corrected chi connectivity index (χ3v) is 6.51. The quantitative estimate of drug-likeness (QED) is 0.586. The number of carbonyl (C=O) groups excluding carboxylic acids is 1. The van der Waals surface area contributed by atoms with Gasteiger partial charge < -0.3 is 0 Å². The number of Topliss-reactive ketones (excluding diaryl/α,β-unsaturated/α-hetero) is 1. The molecule has 0 unspecified atom stereocenters. The van der Waals surface area contributed by atoms with Gasteiger partial charge in [-0.15, -0.1) is 0 Å². The maximum atomic E-state index is 12.2. The van der Waals surface area contributed by atoms with E-state index >= 15 is 0 Å². The van der Waals surface area contributed by atoms with Gasteiger partial charge >= 0.3 is 0 Å². The van der Waals surface area contributed by atoms with E-state index in [2.05, 4.69) is 19.1 Å². The SMILES string of the molecule is C[C@]12CC[C@@H]3[C@H]4CCCCC4=CC[C@H]3C1=CCC2=O. The molecule has 0 aromatic heterocycles. The molecule has 2 fully saturated rings. The van der Waals surface area contributed by atoms with Crippen LogP contribution in [-0.4, -0.2) is 5.78 Å². The smallest absolute Gasteiger partial charge is 0.146 e. The maximum Gasteiger partial charge on any atom is 0.146 e. The molecule has 0 aromatic rings. The zero-order valence-corrected chi connectivity index (χ0v) is 12.0. The normalized spacial score (nSPS) is 44.9. The fraction of sp³-hybridized carbons (Fsp3) is 0.722. The van der Waals surface area contributed by atoms with Crippen molar-refractivity contribution in [3.63, 3.8) is 0 Å². The second kappa shape index (κ2) is 4.07. The van der Waals surface area contributed by atoms with E-state index in [9.17, 15) is 4.79 Å². The summed E-state index contributed by atoms with van der Waals surface area (Å²) in [5.74, 6) is 2.88. The molecule has 4 rings (SSSR count). The van der Waals surface area contributed by atoms with Gasteiger partial charge in [0.05, 0.1) is 0 Å². The Bertz CT molecular complexity index is 484. The molecule has 0 heterocycles. The molecule has 0 N–H and O–H groups in total. The highest BCUT2D eigenvalue weighted by Gasteiger charge is 2.51. The lowest BCUT2D eigenvalue weighted by molar-refractivity contribution is -0.125. The van der Waals surface area contributed by atoms with E-state index in [4.69, 9.17) is 0 Å². The summed E-state index contributed by atoms with van der Waals surface area (Å²) in [6, 6.07) is 0. The van der Waals surface area contributed by atoms with Crippen LogP contribution in [-0.2, 0) is 4.79 Å².